The van der Waals surface area contributed by atoms with Crippen molar-refractivity contribution in [2.24, 2.45) is 9.98 Å². The first-order valence-corrected chi connectivity index (χ1v) is 21.1. The van der Waals surface area contributed by atoms with E-state index in [1.54, 1.807) is 45.1 Å². The summed E-state index contributed by atoms with van der Waals surface area (Å²) in [6.45, 7) is 0. The van der Waals surface area contributed by atoms with E-state index in [0.717, 1.165) is 53.2 Å². The van der Waals surface area contributed by atoms with E-state index in [1.165, 1.54) is 0 Å². The Balaban J connectivity index is 1.04. The fraction of sp³-hybridized carbons (Fsp3) is 0.0435. The molecule has 0 fully saturated rings. The average molecular weight is 784 g/mol. The van der Waals surface area contributed by atoms with E-state index in [9.17, 15) is 9.59 Å². The monoisotopic (exact) mass is 783 g/mol. The van der Waals surface area contributed by atoms with Gasteiger partial charge < -0.3 is 5.32 Å². The highest BCUT2D eigenvalue weighted by Crippen LogP contribution is 2.47. The first kappa shape index (κ1) is 35.6. The van der Waals surface area contributed by atoms with Crippen molar-refractivity contribution in [3.8, 4) is 0 Å². The van der Waals surface area contributed by atoms with Crippen LogP contribution in [0, 0.1) is 0 Å². The summed E-state index contributed by atoms with van der Waals surface area (Å²) in [5, 5.41) is 3.57. The van der Waals surface area contributed by atoms with Crippen molar-refractivity contribution in [3.63, 3.8) is 0 Å². The minimum Gasteiger partial charge on any atom is -0.354 e. The third-order valence-corrected chi connectivity index (χ3v) is 12.2. The number of carbonyl (C=O) groups excluding carboxylic acids is 2. The number of amides is 2. The van der Waals surface area contributed by atoms with E-state index in [2.05, 4.69) is 5.32 Å². The highest BCUT2D eigenvalue weighted by Gasteiger charge is 2.35. The first-order chi connectivity index (χ1) is 27.4. The Morgan fingerprint density at radius 2 is 0.946 bits per heavy atom. The van der Waals surface area contributed by atoms with Gasteiger partial charge in [-0.05, 0) is 96.5 Å². The molecule has 7 nitrogen and oxygen atoms in total. The number of nitrogens with zero attached hydrogens (tertiary/aromatic N) is 4. The number of hydrogen-bond donors (Lipinski definition) is 1. The molecule has 6 aromatic carbocycles. The van der Waals surface area contributed by atoms with Crippen molar-refractivity contribution in [2.45, 2.75) is 19.6 Å². The molecule has 0 unspecified atom stereocenters. The predicted octanol–water partition coefficient (Wildman–Crippen LogP) is 11.0. The molecule has 1 N–H and O–H groups in total. The summed E-state index contributed by atoms with van der Waals surface area (Å²) in [7, 11) is 0. The maximum atomic E-state index is 14.2. The zero-order valence-electron chi connectivity index (χ0n) is 30.3. The van der Waals surface area contributed by atoms with Crippen LogP contribution in [0.4, 0.5) is 22.7 Å². The predicted molar refractivity (Wildman–Crippen MR) is 234 cm³/mol. The van der Waals surface area contributed by atoms with Crippen LogP contribution in [0.1, 0.15) is 22.3 Å². The maximum absolute atomic E-state index is 14.2. The van der Waals surface area contributed by atoms with Gasteiger partial charge in [-0.2, -0.15) is 0 Å². The van der Waals surface area contributed by atoms with E-state index in [0.29, 0.717) is 34.4 Å². The zero-order valence-corrected chi connectivity index (χ0v) is 32.8. The normalized spacial score (nSPS) is 16.2. The second kappa shape index (κ2) is 15.2. The second-order valence-electron chi connectivity index (χ2n) is 13.1. The van der Waals surface area contributed by atoms with Gasteiger partial charge in [-0.1, -0.05) is 96.7 Å². The molecule has 6 aromatic rings. The van der Waals surface area contributed by atoms with E-state index in [4.69, 9.17) is 9.98 Å². The fourth-order valence-corrected chi connectivity index (χ4v) is 8.60. The van der Waals surface area contributed by atoms with Crippen LogP contribution in [-0.4, -0.2) is 36.0 Å². The molecule has 0 aliphatic carbocycles. The molecule has 0 saturated carbocycles. The Hall–Kier alpha value is -6.07. The number of anilines is 4. The highest BCUT2D eigenvalue weighted by atomic mass is 32.2. The molecule has 0 atom stereocenters. The van der Waals surface area contributed by atoms with Gasteiger partial charge in [0.2, 0.25) is 0 Å². The lowest BCUT2D eigenvalue weighted by Gasteiger charge is -2.26. The largest absolute Gasteiger partial charge is 0.354 e. The smallest absolute Gasteiger partial charge is 0.282 e. The molecular weight excluding hydrogens is 751 g/mol. The molecule has 272 valence electrons. The molecule has 3 aliphatic heterocycles. The van der Waals surface area contributed by atoms with Crippen LogP contribution < -0.4 is 15.1 Å². The average Bonchev–Trinajstić information content (AvgIpc) is 3.75. The minimum atomic E-state index is -0.196. The van der Waals surface area contributed by atoms with Crippen LogP contribution in [0.5, 0.6) is 0 Å². The topological polar surface area (TPSA) is 77.4 Å². The van der Waals surface area contributed by atoms with Gasteiger partial charge in [0.1, 0.15) is 23.1 Å². The molecule has 3 aliphatic rings. The number of nitrogens with one attached hydrogen (secondary N) is 1. The van der Waals surface area contributed by atoms with Gasteiger partial charge in [-0.25, -0.2) is 9.98 Å². The van der Waals surface area contributed by atoms with Crippen LogP contribution >= 0.6 is 35.3 Å². The lowest BCUT2D eigenvalue weighted by molar-refractivity contribution is -0.114. The summed E-state index contributed by atoms with van der Waals surface area (Å²) in [5.74, 6) is 0.753. The highest BCUT2D eigenvalue weighted by molar-refractivity contribution is 7.99. The SMILES string of the molecule is CSc1ccc(C=C2N=C(c3ccccc3)N(c3ccc4c(c3)Sc3cc(N5C(=O)C(=Cc6ccc(SC)cc6)N=C5c5ccccc5)ccc3N4)C2=O)cc1. The Bertz CT molecular complexity index is 2460. The Labute approximate surface area is 338 Å². The standard InChI is InChI=1S/C46H33N5O2S3/c1-54-35-19-13-29(14-20-35)25-39-45(52)50(43(48-39)31-9-5-3-6-10-31)33-17-23-37-41(27-33)56-42-28-34(18-24-38(42)47-37)51-44(32-11-7-4-8-12-32)49-40(46(51)53)26-30-15-21-36(55-2)22-16-30/h3-28,47H,1-2H3. The quantitative estimate of drug-likeness (QED) is 0.122. The third kappa shape index (κ3) is 6.87. The maximum Gasteiger partial charge on any atom is 0.282 e. The zero-order chi connectivity index (χ0) is 38.2. The lowest BCUT2D eigenvalue weighted by Crippen LogP contribution is -2.32. The summed E-state index contributed by atoms with van der Waals surface area (Å²) in [5.41, 5.74) is 7.52. The molecule has 0 saturated heterocycles. The van der Waals surface area contributed by atoms with Gasteiger partial charge in [0.25, 0.3) is 11.8 Å². The molecule has 0 bridgehead atoms. The number of aliphatic imine (C=N–C) groups is 2. The summed E-state index contributed by atoms with van der Waals surface area (Å²) in [6.07, 6.45) is 7.77. The first-order valence-electron chi connectivity index (χ1n) is 17.9. The molecule has 0 spiro atoms. The lowest BCUT2D eigenvalue weighted by atomic mass is 10.1. The second-order valence-corrected chi connectivity index (χ2v) is 15.9. The van der Waals surface area contributed by atoms with E-state index in [-0.39, 0.29) is 11.8 Å². The van der Waals surface area contributed by atoms with Crippen molar-refractivity contribution >= 4 is 93.7 Å². The van der Waals surface area contributed by atoms with Crippen LogP contribution in [-0.2, 0) is 9.59 Å². The van der Waals surface area contributed by atoms with Crippen molar-refractivity contribution in [2.75, 3.05) is 27.6 Å². The molecular formula is C46H33N5O2S3. The number of benzene rings is 6. The summed E-state index contributed by atoms with van der Waals surface area (Å²) in [6, 6.07) is 47.7. The van der Waals surface area contributed by atoms with Crippen molar-refractivity contribution in [3.05, 3.63) is 179 Å². The van der Waals surface area contributed by atoms with Crippen molar-refractivity contribution in [1.82, 2.24) is 0 Å². The number of thioether (sulfide) groups is 2. The van der Waals surface area contributed by atoms with Gasteiger partial charge >= 0.3 is 0 Å². The Morgan fingerprint density at radius 3 is 1.34 bits per heavy atom. The van der Waals surface area contributed by atoms with Crippen molar-refractivity contribution in [1.29, 1.82) is 0 Å². The van der Waals surface area contributed by atoms with Crippen LogP contribution in [0.25, 0.3) is 12.2 Å². The molecule has 9 rings (SSSR count). The number of rotatable bonds is 8. The van der Waals surface area contributed by atoms with E-state index >= 15 is 0 Å². The molecule has 0 aromatic heterocycles. The van der Waals surface area contributed by atoms with Gasteiger partial charge in [-0.3, -0.25) is 19.4 Å². The number of hydrogen-bond acceptors (Lipinski definition) is 8. The van der Waals surface area contributed by atoms with Crippen LogP contribution in [0.15, 0.2) is 187 Å². The van der Waals surface area contributed by atoms with Crippen LogP contribution in [0.2, 0.25) is 0 Å². The molecule has 2 amide bonds. The van der Waals surface area contributed by atoms with Gasteiger partial charge in [0.15, 0.2) is 0 Å². The molecule has 3 heterocycles. The molecule has 10 heteroatoms. The van der Waals surface area contributed by atoms with Gasteiger partial charge in [-0.15, -0.1) is 23.5 Å². The Morgan fingerprint density at radius 1 is 0.536 bits per heavy atom. The van der Waals surface area contributed by atoms with Crippen LogP contribution in [0.3, 0.4) is 0 Å². The number of amidine groups is 2. The molecule has 56 heavy (non-hydrogen) atoms. The Kier molecular flexibility index (Phi) is 9.68. The summed E-state index contributed by atoms with van der Waals surface area (Å²) < 4.78 is 0. The van der Waals surface area contributed by atoms with Crippen molar-refractivity contribution < 1.29 is 9.59 Å². The minimum absolute atomic E-state index is 0.196. The number of fused-ring (bicyclic) bond motifs is 2. The fourth-order valence-electron chi connectivity index (χ4n) is 6.73. The van der Waals surface area contributed by atoms with E-state index in [1.807, 2.05) is 170 Å². The number of carbonyl (C=O) groups is 2. The summed E-state index contributed by atoms with van der Waals surface area (Å²) in [4.78, 5) is 45.7. The van der Waals surface area contributed by atoms with Gasteiger partial charge in [0, 0.05) is 30.7 Å². The summed E-state index contributed by atoms with van der Waals surface area (Å²) >= 11 is 4.94. The molecule has 0 radical (unpaired) electrons. The van der Waals surface area contributed by atoms with E-state index < -0.39 is 0 Å². The third-order valence-electron chi connectivity index (χ3n) is 9.56. The van der Waals surface area contributed by atoms with Gasteiger partial charge in [0.05, 0.1) is 22.7 Å².